The van der Waals surface area contributed by atoms with E-state index in [1.54, 1.807) is 48.8 Å². The van der Waals surface area contributed by atoms with E-state index in [2.05, 4.69) is 20.8 Å². The second kappa shape index (κ2) is 11.7. The van der Waals surface area contributed by atoms with Crippen molar-refractivity contribution in [1.29, 1.82) is 0 Å². The van der Waals surface area contributed by atoms with Crippen LogP contribution in [0.25, 0.3) is 10.4 Å². The van der Waals surface area contributed by atoms with Crippen molar-refractivity contribution in [2.24, 2.45) is 5.10 Å². The van der Waals surface area contributed by atoms with Gasteiger partial charge in [-0.1, -0.05) is 35.3 Å². The van der Waals surface area contributed by atoms with Gasteiger partial charge in [0.1, 0.15) is 5.75 Å². The molecule has 0 spiro atoms. The Morgan fingerprint density at radius 3 is 2.56 bits per heavy atom. The Bertz CT molecular complexity index is 1430. The third-order valence-electron chi connectivity index (χ3n) is 5.11. The number of amides is 2. The summed E-state index contributed by atoms with van der Waals surface area (Å²) in [5.74, 6) is -0.673. The Hall–Kier alpha value is -3.24. The number of hydrazone groups is 1. The number of nitrogens with zero attached hydrogens (tertiary/aromatic N) is 2. The number of thiophene rings is 2. The summed E-state index contributed by atoms with van der Waals surface area (Å²) in [5, 5.41) is 20.2. The number of aromatic nitrogens is 1. The molecule has 0 bridgehead atoms. The van der Waals surface area contributed by atoms with Crippen LogP contribution >= 0.6 is 45.9 Å². The van der Waals surface area contributed by atoms with E-state index >= 15 is 0 Å². The summed E-state index contributed by atoms with van der Waals surface area (Å²) < 4.78 is 0. The van der Waals surface area contributed by atoms with Crippen LogP contribution in [0.1, 0.15) is 37.5 Å². The molecule has 0 fully saturated rings. The first-order chi connectivity index (χ1) is 17.3. The molecule has 36 heavy (non-hydrogen) atoms. The predicted octanol–water partition coefficient (Wildman–Crippen LogP) is 6.01. The molecule has 0 aliphatic carbocycles. The second-order valence-corrected chi connectivity index (χ2v) is 10.4. The van der Waals surface area contributed by atoms with Gasteiger partial charge in [-0.15, -0.1) is 22.7 Å². The maximum absolute atomic E-state index is 12.6. The van der Waals surface area contributed by atoms with Crippen LogP contribution in [0.3, 0.4) is 0 Å². The lowest BCUT2D eigenvalue weighted by atomic mass is 10.1. The largest absolute Gasteiger partial charge is 0.506 e. The Labute approximate surface area is 225 Å². The molecule has 3 aromatic heterocycles. The summed E-state index contributed by atoms with van der Waals surface area (Å²) >= 11 is 14.5. The van der Waals surface area contributed by atoms with Crippen LogP contribution in [0.15, 0.2) is 65.2 Å². The van der Waals surface area contributed by atoms with Gasteiger partial charge in [0.2, 0.25) is 0 Å². The number of halogens is 2. The van der Waals surface area contributed by atoms with Crippen molar-refractivity contribution in [3.8, 4) is 16.2 Å². The molecule has 11 heteroatoms. The highest BCUT2D eigenvalue weighted by Crippen LogP contribution is 2.40. The molecule has 0 aliphatic heterocycles. The van der Waals surface area contributed by atoms with Crippen LogP contribution in [0, 0.1) is 0 Å². The minimum absolute atomic E-state index is 0.0367. The highest BCUT2D eigenvalue weighted by Gasteiger charge is 2.17. The van der Waals surface area contributed by atoms with Gasteiger partial charge in [0.05, 0.1) is 36.0 Å². The van der Waals surface area contributed by atoms with E-state index in [9.17, 15) is 14.7 Å². The molecule has 4 aromatic rings. The zero-order valence-electron chi connectivity index (χ0n) is 18.9. The average Bonchev–Trinajstić information content (AvgIpc) is 3.52. The number of rotatable bonds is 8. The summed E-state index contributed by atoms with van der Waals surface area (Å²) in [6, 6.07) is 13.9. The van der Waals surface area contributed by atoms with Gasteiger partial charge in [-0.2, -0.15) is 5.10 Å². The molecule has 0 unspecified atom stereocenters. The smallest absolute Gasteiger partial charge is 0.281 e. The fourth-order valence-electron chi connectivity index (χ4n) is 3.22. The number of nitrogens with one attached hydrogen (secondary N) is 2. The van der Waals surface area contributed by atoms with Crippen LogP contribution in [0.4, 0.5) is 0 Å². The maximum Gasteiger partial charge on any atom is 0.281 e. The first-order valence-electron chi connectivity index (χ1n) is 10.7. The fraction of sp³-hybridized carbons (Fsp3) is 0.120. The van der Waals surface area contributed by atoms with Crippen molar-refractivity contribution in [2.75, 3.05) is 6.54 Å². The van der Waals surface area contributed by atoms with Crippen LogP contribution in [0.5, 0.6) is 5.75 Å². The Balaban J connectivity index is 1.36. The summed E-state index contributed by atoms with van der Waals surface area (Å²) in [6.45, 7) is 2.11. The third-order valence-corrected chi connectivity index (χ3v) is 7.95. The van der Waals surface area contributed by atoms with Crippen molar-refractivity contribution >= 4 is 63.4 Å². The number of hydrogen-bond acceptors (Lipinski definition) is 7. The van der Waals surface area contributed by atoms with E-state index < -0.39 is 5.91 Å². The Morgan fingerprint density at radius 2 is 1.83 bits per heavy atom. The molecule has 184 valence electrons. The lowest BCUT2D eigenvalue weighted by molar-refractivity contribution is 0.0951. The van der Waals surface area contributed by atoms with Gasteiger partial charge < -0.3 is 10.4 Å². The summed E-state index contributed by atoms with van der Waals surface area (Å²) in [6.07, 6.45) is 2.32. The van der Waals surface area contributed by atoms with Crippen LogP contribution < -0.4 is 10.7 Å². The van der Waals surface area contributed by atoms with E-state index in [1.165, 1.54) is 11.3 Å². The number of hydrogen-bond donors (Lipinski definition) is 3. The zero-order valence-corrected chi connectivity index (χ0v) is 22.1. The molecular weight excluding hydrogens is 539 g/mol. The molecule has 0 saturated carbocycles. The van der Waals surface area contributed by atoms with Crippen LogP contribution in [-0.4, -0.2) is 34.2 Å². The third kappa shape index (κ3) is 6.11. The predicted molar refractivity (Wildman–Crippen MR) is 146 cm³/mol. The molecule has 0 radical (unpaired) electrons. The second-order valence-electron chi connectivity index (χ2n) is 7.59. The molecule has 4 rings (SSSR count). The summed E-state index contributed by atoms with van der Waals surface area (Å²) in [5.41, 5.74) is 5.00. The van der Waals surface area contributed by atoms with Gasteiger partial charge in [-0.25, -0.2) is 5.43 Å². The molecule has 3 N–H and O–H groups in total. The number of carbonyl (C=O) groups excluding carboxylic acids is 2. The number of pyridine rings is 1. The maximum atomic E-state index is 12.6. The van der Waals surface area contributed by atoms with Gasteiger partial charge >= 0.3 is 0 Å². The van der Waals surface area contributed by atoms with E-state index in [1.807, 2.05) is 18.2 Å². The van der Waals surface area contributed by atoms with Crippen molar-refractivity contribution in [3.05, 3.63) is 91.2 Å². The minimum atomic E-state index is -0.452. The van der Waals surface area contributed by atoms with Gasteiger partial charge in [-0.05, 0) is 48.9 Å². The van der Waals surface area contributed by atoms with E-state index in [-0.39, 0.29) is 11.7 Å². The number of carbonyl (C=O) groups is 2. The highest BCUT2D eigenvalue weighted by molar-refractivity contribution is 7.16. The van der Waals surface area contributed by atoms with Crippen molar-refractivity contribution in [3.63, 3.8) is 0 Å². The highest BCUT2D eigenvalue weighted by atomic mass is 35.5. The topological polar surface area (TPSA) is 104 Å². The zero-order chi connectivity index (χ0) is 25.7. The SMILES string of the molecule is CC(=NNC(=O)c1ccc(C(=O)NCCc2ccccn2)s1)c1csc(-c2ccc(Cl)c(Cl)c2)c1O. The van der Waals surface area contributed by atoms with Gasteiger partial charge in [-0.3, -0.25) is 14.6 Å². The first-order valence-corrected chi connectivity index (χ1v) is 13.2. The Kier molecular flexibility index (Phi) is 8.37. The minimum Gasteiger partial charge on any atom is -0.506 e. The molecule has 0 atom stereocenters. The van der Waals surface area contributed by atoms with Crippen LogP contribution in [-0.2, 0) is 6.42 Å². The molecule has 1 aromatic carbocycles. The number of aromatic hydroxyl groups is 1. The van der Waals surface area contributed by atoms with E-state index in [0.717, 1.165) is 22.6 Å². The lowest BCUT2D eigenvalue weighted by Crippen LogP contribution is -2.25. The van der Waals surface area contributed by atoms with Gasteiger partial charge in [0.25, 0.3) is 11.8 Å². The van der Waals surface area contributed by atoms with Gasteiger partial charge in [0, 0.05) is 30.2 Å². The lowest BCUT2D eigenvalue weighted by Gasteiger charge is -2.04. The van der Waals surface area contributed by atoms with E-state index in [0.29, 0.717) is 48.9 Å². The fourth-order valence-corrected chi connectivity index (χ4v) is 5.33. The number of benzene rings is 1. The quantitative estimate of drug-likeness (QED) is 0.182. The molecule has 2 amide bonds. The average molecular weight is 560 g/mol. The van der Waals surface area contributed by atoms with E-state index in [4.69, 9.17) is 23.2 Å². The first kappa shape index (κ1) is 25.8. The normalized spacial score (nSPS) is 11.4. The standard InChI is InChI=1S/C25H20Cl2N4O3S2/c1-14(17-13-35-23(22(17)32)15-5-6-18(26)19(27)12-15)30-31-25(34)21-8-7-20(36-21)24(33)29-11-9-16-4-2-3-10-28-16/h2-8,10,12-13,32H,9,11H2,1H3,(H,29,33)(H,31,34). The molecule has 0 aliphatic rings. The monoisotopic (exact) mass is 558 g/mol. The van der Waals surface area contributed by atoms with Crippen molar-refractivity contribution in [2.45, 2.75) is 13.3 Å². The van der Waals surface area contributed by atoms with Crippen LogP contribution in [0.2, 0.25) is 10.0 Å². The molecule has 3 heterocycles. The van der Waals surface area contributed by atoms with Gasteiger partial charge in [0.15, 0.2) is 0 Å². The Morgan fingerprint density at radius 1 is 1.06 bits per heavy atom. The molecule has 0 saturated heterocycles. The summed E-state index contributed by atoms with van der Waals surface area (Å²) in [7, 11) is 0. The molecular formula is C25H20Cl2N4O3S2. The van der Waals surface area contributed by atoms with Crippen molar-refractivity contribution < 1.29 is 14.7 Å². The molecule has 7 nitrogen and oxygen atoms in total. The van der Waals surface area contributed by atoms with Crippen molar-refractivity contribution in [1.82, 2.24) is 15.7 Å². The summed E-state index contributed by atoms with van der Waals surface area (Å²) in [4.78, 5) is 30.6.